The van der Waals surface area contributed by atoms with E-state index in [1.165, 1.54) is 4.70 Å². The molecule has 0 aliphatic heterocycles. The highest BCUT2D eigenvalue weighted by molar-refractivity contribution is 7.18. The van der Waals surface area contributed by atoms with Gasteiger partial charge in [0, 0.05) is 0 Å². The smallest absolute Gasteiger partial charge is 0.194 e. The zero-order chi connectivity index (χ0) is 11.1. The van der Waals surface area contributed by atoms with Crippen molar-refractivity contribution in [2.75, 3.05) is 0 Å². The van der Waals surface area contributed by atoms with Gasteiger partial charge >= 0.3 is 0 Å². The van der Waals surface area contributed by atoms with Crippen molar-refractivity contribution >= 4 is 38.0 Å². The second kappa shape index (κ2) is 3.29. The highest BCUT2D eigenvalue weighted by atomic mass is 32.1. The van der Waals surface area contributed by atoms with Crippen LogP contribution in [0.25, 0.3) is 25.8 Å². The summed E-state index contributed by atoms with van der Waals surface area (Å²) < 4.78 is 1.19. The zero-order valence-electron chi connectivity index (χ0n) is 8.69. The van der Waals surface area contributed by atoms with Crippen molar-refractivity contribution in [2.45, 2.75) is 6.92 Å². The van der Waals surface area contributed by atoms with Crippen LogP contribution >= 0.6 is 11.3 Å². The lowest BCUT2D eigenvalue weighted by Crippen LogP contribution is -1.75. The number of thiazole rings is 1. The fourth-order valence-electron chi connectivity index (χ4n) is 1.94. The summed E-state index contributed by atoms with van der Waals surface area (Å²) in [6.45, 7) is 9.16. The van der Waals surface area contributed by atoms with Gasteiger partial charge in [-0.2, -0.15) is 0 Å². The van der Waals surface area contributed by atoms with Gasteiger partial charge < -0.3 is 0 Å². The largest absolute Gasteiger partial charge is 0.241 e. The van der Waals surface area contributed by atoms with Crippen molar-refractivity contribution in [3.8, 4) is 0 Å². The summed E-state index contributed by atoms with van der Waals surface area (Å²) in [6, 6.07) is 9.87. The second-order valence-electron chi connectivity index (χ2n) is 3.63. The van der Waals surface area contributed by atoms with E-state index in [1.54, 1.807) is 11.3 Å². The highest BCUT2D eigenvalue weighted by Gasteiger charge is 2.07. The van der Waals surface area contributed by atoms with Crippen LogP contribution in [0, 0.1) is 13.5 Å². The van der Waals surface area contributed by atoms with Crippen LogP contribution in [0.2, 0.25) is 0 Å². The molecule has 3 rings (SSSR count). The summed E-state index contributed by atoms with van der Waals surface area (Å²) in [5.74, 6) is 0. The molecule has 2 aromatic carbocycles. The molecule has 0 bridgehead atoms. The van der Waals surface area contributed by atoms with Gasteiger partial charge in [0.05, 0.1) is 21.8 Å². The van der Waals surface area contributed by atoms with E-state index in [-0.39, 0.29) is 0 Å². The van der Waals surface area contributed by atoms with E-state index in [4.69, 9.17) is 6.57 Å². The third kappa shape index (κ3) is 1.21. The van der Waals surface area contributed by atoms with Crippen LogP contribution in [0.15, 0.2) is 30.3 Å². The molecule has 16 heavy (non-hydrogen) atoms. The van der Waals surface area contributed by atoms with Gasteiger partial charge in [-0.15, -0.1) is 11.3 Å². The summed E-state index contributed by atoms with van der Waals surface area (Å²) in [5.41, 5.74) is 1.72. The van der Waals surface area contributed by atoms with E-state index in [1.807, 2.05) is 31.2 Å². The number of hydrogen-bond donors (Lipinski definition) is 0. The maximum Gasteiger partial charge on any atom is 0.194 e. The van der Waals surface area contributed by atoms with E-state index in [0.717, 1.165) is 21.3 Å². The number of aromatic nitrogens is 1. The Bertz CT molecular complexity index is 735. The van der Waals surface area contributed by atoms with Crippen molar-refractivity contribution in [3.05, 3.63) is 46.8 Å². The average molecular weight is 224 g/mol. The molecule has 0 radical (unpaired) electrons. The monoisotopic (exact) mass is 224 g/mol. The normalized spacial score (nSPS) is 10.8. The summed E-state index contributed by atoms with van der Waals surface area (Å²) >= 11 is 1.69. The van der Waals surface area contributed by atoms with Crippen LogP contribution in [-0.4, -0.2) is 4.98 Å². The third-order valence-electron chi connectivity index (χ3n) is 2.62. The summed E-state index contributed by atoms with van der Waals surface area (Å²) in [7, 11) is 0. The molecule has 0 unspecified atom stereocenters. The first-order valence-electron chi connectivity index (χ1n) is 4.96. The predicted octanol–water partition coefficient (Wildman–Crippen LogP) is 4.31. The molecule has 1 heterocycles. The minimum absolute atomic E-state index is 0.699. The average Bonchev–Trinajstić information content (AvgIpc) is 2.69. The number of fused-ring (bicyclic) bond motifs is 3. The van der Waals surface area contributed by atoms with Gasteiger partial charge in [-0.25, -0.2) is 9.83 Å². The molecule has 0 saturated carbocycles. The first kappa shape index (κ1) is 9.32. The van der Waals surface area contributed by atoms with Gasteiger partial charge in [0.15, 0.2) is 5.69 Å². The summed E-state index contributed by atoms with van der Waals surface area (Å²) in [6.07, 6.45) is 0. The minimum Gasteiger partial charge on any atom is -0.241 e. The standard InChI is InChI=1S/C13H8N2S/c1-8-15-13-10-4-3-5-11(14-2)9(10)6-7-12(13)16-8/h3-7H,1H3. The lowest BCUT2D eigenvalue weighted by molar-refractivity contribution is 1.35. The summed E-state index contributed by atoms with van der Waals surface area (Å²) in [4.78, 5) is 8.07. The van der Waals surface area contributed by atoms with E-state index in [9.17, 15) is 0 Å². The molecule has 0 atom stereocenters. The Morgan fingerprint density at radius 2 is 2.06 bits per heavy atom. The second-order valence-corrected chi connectivity index (χ2v) is 4.86. The van der Waals surface area contributed by atoms with Gasteiger partial charge in [0.2, 0.25) is 0 Å². The van der Waals surface area contributed by atoms with Crippen molar-refractivity contribution in [1.29, 1.82) is 0 Å². The van der Waals surface area contributed by atoms with Crippen molar-refractivity contribution < 1.29 is 0 Å². The maximum absolute atomic E-state index is 7.15. The third-order valence-corrected chi connectivity index (χ3v) is 3.56. The molecule has 0 saturated heterocycles. The number of benzene rings is 2. The molecule has 0 spiro atoms. The number of nitrogens with zero attached hydrogens (tertiary/aromatic N) is 2. The van der Waals surface area contributed by atoms with Gasteiger partial charge in [-0.1, -0.05) is 24.3 Å². The highest BCUT2D eigenvalue weighted by Crippen LogP contribution is 2.33. The van der Waals surface area contributed by atoms with Gasteiger partial charge in [-0.05, 0) is 23.8 Å². The van der Waals surface area contributed by atoms with E-state index in [0.29, 0.717) is 5.69 Å². The molecule has 3 aromatic rings. The molecule has 0 aliphatic carbocycles. The van der Waals surface area contributed by atoms with E-state index >= 15 is 0 Å². The zero-order valence-corrected chi connectivity index (χ0v) is 9.51. The number of hydrogen-bond acceptors (Lipinski definition) is 2. The molecule has 2 nitrogen and oxygen atoms in total. The Morgan fingerprint density at radius 3 is 2.88 bits per heavy atom. The van der Waals surface area contributed by atoms with Crippen LogP contribution in [0.5, 0.6) is 0 Å². The van der Waals surface area contributed by atoms with Crippen LogP contribution in [0.3, 0.4) is 0 Å². The Morgan fingerprint density at radius 1 is 1.19 bits per heavy atom. The molecule has 3 heteroatoms. The van der Waals surface area contributed by atoms with Gasteiger partial charge in [-0.3, -0.25) is 0 Å². The maximum atomic E-state index is 7.15. The van der Waals surface area contributed by atoms with E-state index < -0.39 is 0 Å². The Labute approximate surface area is 97.0 Å². The van der Waals surface area contributed by atoms with Crippen LogP contribution in [0.1, 0.15) is 5.01 Å². The Kier molecular flexibility index (Phi) is 1.92. The van der Waals surface area contributed by atoms with Crippen LogP contribution < -0.4 is 0 Å². The Balaban J connectivity index is 2.57. The fraction of sp³-hybridized carbons (Fsp3) is 0.0769. The van der Waals surface area contributed by atoms with Crippen molar-refractivity contribution in [1.82, 2.24) is 4.98 Å². The molecular weight excluding hydrogens is 216 g/mol. The topological polar surface area (TPSA) is 17.2 Å². The lowest BCUT2D eigenvalue weighted by atomic mass is 10.1. The molecule has 76 valence electrons. The van der Waals surface area contributed by atoms with Crippen LogP contribution in [0.4, 0.5) is 5.69 Å². The molecule has 0 aliphatic rings. The summed E-state index contributed by atoms with van der Waals surface area (Å²) in [5, 5.41) is 3.14. The first-order chi connectivity index (χ1) is 7.79. The van der Waals surface area contributed by atoms with Crippen molar-refractivity contribution in [2.24, 2.45) is 0 Å². The van der Waals surface area contributed by atoms with E-state index in [2.05, 4.69) is 15.9 Å². The molecular formula is C13H8N2S. The number of aryl methyl sites for hydroxylation is 1. The molecule has 0 N–H and O–H groups in total. The first-order valence-corrected chi connectivity index (χ1v) is 5.77. The molecule has 0 fully saturated rings. The molecule has 1 aromatic heterocycles. The number of rotatable bonds is 0. The van der Waals surface area contributed by atoms with Gasteiger partial charge in [0.25, 0.3) is 0 Å². The minimum atomic E-state index is 0.699. The Hall–Kier alpha value is -1.92. The molecule has 0 amide bonds. The quantitative estimate of drug-likeness (QED) is 0.520. The van der Waals surface area contributed by atoms with Gasteiger partial charge in [0.1, 0.15) is 0 Å². The van der Waals surface area contributed by atoms with Crippen LogP contribution in [-0.2, 0) is 0 Å². The SMILES string of the molecule is [C-]#[N+]c1cccc2c1ccc1sc(C)nc12. The fourth-order valence-corrected chi connectivity index (χ4v) is 2.78. The lowest BCUT2D eigenvalue weighted by Gasteiger charge is -2.00. The van der Waals surface area contributed by atoms with Crippen molar-refractivity contribution in [3.63, 3.8) is 0 Å². The predicted molar refractivity (Wildman–Crippen MR) is 68.1 cm³/mol.